The molecule has 0 spiro atoms. The van der Waals surface area contributed by atoms with Gasteiger partial charge >= 0.3 is 0 Å². The maximum atomic E-state index is 15.1. The molecule has 2 N–H and O–H groups in total. The van der Waals surface area contributed by atoms with Gasteiger partial charge in [0.15, 0.2) is 11.4 Å². The van der Waals surface area contributed by atoms with Crippen molar-refractivity contribution in [1.82, 2.24) is 29.9 Å². The van der Waals surface area contributed by atoms with Gasteiger partial charge in [0.25, 0.3) is 0 Å². The second-order valence-electron chi connectivity index (χ2n) is 8.69. The maximum absolute atomic E-state index is 15.1. The molecule has 2 aromatic carbocycles. The van der Waals surface area contributed by atoms with E-state index in [1.807, 2.05) is 12.1 Å². The van der Waals surface area contributed by atoms with Crippen LogP contribution >= 0.6 is 0 Å². The number of anilines is 3. The van der Waals surface area contributed by atoms with E-state index < -0.39 is 5.82 Å². The average molecular weight is 484 g/mol. The van der Waals surface area contributed by atoms with Crippen LogP contribution in [0.1, 0.15) is 0 Å². The van der Waals surface area contributed by atoms with Gasteiger partial charge in [-0.15, -0.1) is 0 Å². The van der Waals surface area contributed by atoms with Crippen LogP contribution in [0, 0.1) is 5.82 Å². The minimum absolute atomic E-state index is 0.267. The van der Waals surface area contributed by atoms with Crippen LogP contribution in [0.4, 0.5) is 21.6 Å². The van der Waals surface area contributed by atoms with E-state index in [4.69, 9.17) is 9.47 Å². The van der Waals surface area contributed by atoms with E-state index in [2.05, 4.69) is 35.6 Å². The Balaban J connectivity index is 1.20. The molecule has 11 heteroatoms. The first-order valence-electron chi connectivity index (χ1n) is 11.6. The van der Waals surface area contributed by atoms with Crippen LogP contribution in [0.15, 0.2) is 61.3 Å². The fraction of sp³-hybridized carbons (Fsp3) is 0.200. The molecule has 0 amide bonds. The zero-order chi connectivity index (χ0) is 24.1. The predicted molar refractivity (Wildman–Crippen MR) is 132 cm³/mol. The van der Waals surface area contributed by atoms with Gasteiger partial charge < -0.3 is 25.0 Å². The number of nitrogens with one attached hydrogen (secondary N) is 2. The van der Waals surface area contributed by atoms with Crippen LogP contribution in [0.5, 0.6) is 17.2 Å². The second-order valence-corrected chi connectivity index (χ2v) is 8.69. The summed E-state index contributed by atoms with van der Waals surface area (Å²) < 4.78 is 28.8. The number of fused-ring (bicyclic) bond motifs is 6. The third-order valence-corrected chi connectivity index (χ3v) is 6.50. The highest BCUT2D eigenvalue weighted by molar-refractivity contribution is 6.00. The summed E-state index contributed by atoms with van der Waals surface area (Å²) in [6.07, 6.45) is 4.65. The molecule has 0 radical (unpaired) electrons. The Morgan fingerprint density at radius 1 is 1.06 bits per heavy atom. The smallest absolute Gasteiger partial charge is 0.158 e. The number of pyridine rings is 1. The number of piperazine rings is 1. The number of hydrogen-bond acceptors (Lipinski definition) is 9. The lowest BCUT2D eigenvalue weighted by atomic mass is 10.1. The minimum atomic E-state index is -0.476. The molecule has 180 valence electrons. The van der Waals surface area contributed by atoms with Gasteiger partial charge in [-0.1, -0.05) is 0 Å². The highest BCUT2D eigenvalue weighted by Gasteiger charge is 2.31. The van der Waals surface area contributed by atoms with E-state index in [1.165, 1.54) is 18.7 Å². The molecule has 0 saturated carbocycles. The Hall–Kier alpha value is -4.51. The lowest BCUT2D eigenvalue weighted by Crippen LogP contribution is -2.55. The van der Waals surface area contributed by atoms with E-state index in [-0.39, 0.29) is 11.7 Å². The lowest BCUT2D eigenvalue weighted by molar-refractivity contribution is 0.250. The molecule has 1 fully saturated rings. The fourth-order valence-corrected chi connectivity index (χ4v) is 4.77. The van der Waals surface area contributed by atoms with Crippen LogP contribution in [0.2, 0.25) is 0 Å². The number of nitrogens with zero attached hydrogens (tertiary/aromatic N) is 6. The zero-order valence-electron chi connectivity index (χ0n) is 19.1. The van der Waals surface area contributed by atoms with E-state index in [1.54, 1.807) is 35.0 Å². The Bertz CT molecular complexity index is 1610. The highest BCUT2D eigenvalue weighted by atomic mass is 19.1. The van der Waals surface area contributed by atoms with Gasteiger partial charge in [0.05, 0.1) is 28.3 Å². The third kappa shape index (κ3) is 3.52. The maximum Gasteiger partial charge on any atom is 0.158 e. The number of halogens is 1. The van der Waals surface area contributed by atoms with Gasteiger partial charge in [0.2, 0.25) is 0 Å². The van der Waals surface area contributed by atoms with Crippen molar-refractivity contribution in [3.63, 3.8) is 0 Å². The molecule has 2 aliphatic rings. The summed E-state index contributed by atoms with van der Waals surface area (Å²) in [5, 5.41) is 11.3. The molecule has 1 saturated heterocycles. The first kappa shape index (κ1) is 20.8. The summed E-state index contributed by atoms with van der Waals surface area (Å²) in [5.41, 5.74) is 2.64. The minimum Gasteiger partial charge on any atom is -0.488 e. The van der Waals surface area contributed by atoms with Gasteiger partial charge in [-0.25, -0.2) is 23.9 Å². The normalized spacial score (nSPS) is 16.9. The molecule has 3 aromatic heterocycles. The van der Waals surface area contributed by atoms with Gasteiger partial charge in [0, 0.05) is 38.0 Å². The number of aromatic nitrogens is 5. The Labute approximate surface area is 204 Å². The van der Waals surface area contributed by atoms with Crippen molar-refractivity contribution < 1.29 is 13.9 Å². The standard InChI is InChI=1S/C25H21FN8O2/c26-18-9-16(36-17-5-7-34-22(10-17)29-14-31-34)1-2-19(18)32-25-23-20(28-13-30-25)3-4-21-24(23)35-12-15-11-27-6-8-33(15)21/h1-5,7,9-10,13-15,27H,6,8,11-12H2,(H,28,30,32)/t15-/m1/s1. The Morgan fingerprint density at radius 3 is 2.94 bits per heavy atom. The van der Waals surface area contributed by atoms with Gasteiger partial charge in [-0.3, -0.25) is 0 Å². The van der Waals surface area contributed by atoms with Gasteiger partial charge in [-0.05, 0) is 30.3 Å². The quantitative estimate of drug-likeness (QED) is 0.397. The molecule has 36 heavy (non-hydrogen) atoms. The second kappa shape index (κ2) is 8.31. The van der Waals surface area contributed by atoms with Crippen molar-refractivity contribution in [2.24, 2.45) is 0 Å². The van der Waals surface area contributed by atoms with E-state index in [9.17, 15) is 0 Å². The molecule has 0 bridgehead atoms. The summed E-state index contributed by atoms with van der Waals surface area (Å²) in [6.45, 7) is 3.24. The summed E-state index contributed by atoms with van der Waals surface area (Å²) in [4.78, 5) is 15.3. The van der Waals surface area contributed by atoms with Crippen molar-refractivity contribution in [2.75, 3.05) is 36.5 Å². The van der Waals surface area contributed by atoms with Crippen LogP contribution in [0.25, 0.3) is 16.6 Å². The zero-order valence-corrected chi connectivity index (χ0v) is 19.1. The fourth-order valence-electron chi connectivity index (χ4n) is 4.77. The van der Waals surface area contributed by atoms with Crippen molar-refractivity contribution in [1.29, 1.82) is 0 Å². The molecule has 0 unspecified atom stereocenters. The average Bonchev–Trinajstić information content (AvgIpc) is 3.38. The van der Waals surface area contributed by atoms with Crippen molar-refractivity contribution >= 4 is 33.7 Å². The first-order chi connectivity index (χ1) is 17.7. The van der Waals surface area contributed by atoms with Crippen LogP contribution in [-0.4, -0.2) is 56.8 Å². The molecule has 5 heterocycles. The summed E-state index contributed by atoms with van der Waals surface area (Å²) in [5.74, 6) is 1.62. The molecule has 1 atom stereocenters. The van der Waals surface area contributed by atoms with Crippen LogP contribution < -0.4 is 25.0 Å². The number of ether oxygens (including phenoxy) is 2. The van der Waals surface area contributed by atoms with Crippen molar-refractivity contribution in [3.8, 4) is 17.2 Å². The largest absolute Gasteiger partial charge is 0.488 e. The molecule has 7 rings (SSSR count). The predicted octanol–water partition coefficient (Wildman–Crippen LogP) is 3.52. The SMILES string of the molecule is Fc1cc(Oc2ccn3ncnc3c2)ccc1Nc1ncnc2ccc3c(c12)OC[C@H]1CNCCN31. The molecule has 2 aliphatic heterocycles. The molecular formula is C25H21FN8O2. The number of benzene rings is 2. The molecule has 10 nitrogen and oxygen atoms in total. The number of rotatable bonds is 4. The van der Waals surface area contributed by atoms with Crippen LogP contribution in [0.3, 0.4) is 0 Å². The van der Waals surface area contributed by atoms with Gasteiger partial charge in [-0.2, -0.15) is 5.10 Å². The van der Waals surface area contributed by atoms with Gasteiger partial charge in [0.1, 0.15) is 42.4 Å². The van der Waals surface area contributed by atoms with Crippen molar-refractivity contribution in [2.45, 2.75) is 6.04 Å². The molecular weight excluding hydrogens is 463 g/mol. The Morgan fingerprint density at radius 2 is 2.00 bits per heavy atom. The topological polar surface area (TPSA) is 102 Å². The van der Waals surface area contributed by atoms with E-state index in [0.29, 0.717) is 29.6 Å². The summed E-state index contributed by atoms with van der Waals surface area (Å²) in [6, 6.07) is 12.4. The number of hydrogen-bond donors (Lipinski definition) is 2. The summed E-state index contributed by atoms with van der Waals surface area (Å²) >= 11 is 0. The monoisotopic (exact) mass is 484 g/mol. The Kier molecular flexibility index (Phi) is 4.81. The van der Waals surface area contributed by atoms with E-state index >= 15 is 4.39 Å². The summed E-state index contributed by atoms with van der Waals surface area (Å²) in [7, 11) is 0. The highest BCUT2D eigenvalue weighted by Crippen LogP contribution is 2.43. The van der Waals surface area contributed by atoms with E-state index in [0.717, 1.165) is 42.0 Å². The molecule has 5 aromatic rings. The van der Waals surface area contributed by atoms with Crippen LogP contribution in [-0.2, 0) is 0 Å². The molecule has 0 aliphatic carbocycles. The first-order valence-corrected chi connectivity index (χ1v) is 11.6. The third-order valence-electron chi connectivity index (χ3n) is 6.50. The van der Waals surface area contributed by atoms with Crippen molar-refractivity contribution in [3.05, 3.63) is 67.1 Å². The lowest BCUT2D eigenvalue weighted by Gasteiger charge is -2.42.